The number of benzene rings is 1. The molecule has 5 rings (SSSR count). The minimum absolute atomic E-state index is 0.0705. The Balaban J connectivity index is 1.87. The number of piperidine rings is 1. The first-order valence-corrected chi connectivity index (χ1v) is 8.45. The van der Waals surface area contributed by atoms with Crippen molar-refractivity contribution in [2.75, 3.05) is 20.7 Å². The van der Waals surface area contributed by atoms with Crippen LogP contribution < -0.4 is 9.47 Å². The van der Waals surface area contributed by atoms with Gasteiger partial charge in [-0.25, -0.2) is 0 Å². The van der Waals surface area contributed by atoms with Crippen LogP contribution >= 0.6 is 0 Å². The molecule has 5 atom stereocenters. The number of rotatable bonds is 1. The molecule has 0 aromatic heterocycles. The number of methoxy groups -OCH3 is 1. The number of hydrogen-bond acceptors (Lipinski definition) is 6. The van der Waals surface area contributed by atoms with E-state index < -0.39 is 23.2 Å². The Morgan fingerprint density at radius 3 is 2.92 bits per heavy atom. The molecule has 0 amide bonds. The van der Waals surface area contributed by atoms with E-state index in [1.807, 2.05) is 19.2 Å². The maximum Gasteiger partial charge on any atom is 0.177 e. The van der Waals surface area contributed by atoms with Crippen LogP contribution in [0.25, 0.3) is 0 Å². The normalized spacial score (nSPS) is 42.5. The largest absolute Gasteiger partial charge is 0.493 e. The summed E-state index contributed by atoms with van der Waals surface area (Å²) in [5.41, 5.74) is -0.304. The van der Waals surface area contributed by atoms with Gasteiger partial charge in [-0.1, -0.05) is 6.07 Å². The quantitative estimate of drug-likeness (QED) is 0.755. The van der Waals surface area contributed by atoms with Crippen LogP contribution in [0.3, 0.4) is 0 Å². The SMILES string of the molecule is COc1ccc2c3c1O[C@H]1C(=O)CC(O)[C@@]4(O)C(C2)N(C)CCC314. The van der Waals surface area contributed by atoms with Crippen LogP contribution in [0.1, 0.15) is 24.0 Å². The van der Waals surface area contributed by atoms with Crippen LogP contribution in [-0.4, -0.2) is 65.4 Å². The fourth-order valence-electron chi connectivity index (χ4n) is 5.73. The third kappa shape index (κ3) is 1.31. The maximum atomic E-state index is 12.7. The van der Waals surface area contributed by atoms with Crippen molar-refractivity contribution in [3.05, 3.63) is 23.3 Å². The van der Waals surface area contributed by atoms with E-state index in [1.165, 1.54) is 0 Å². The molecule has 2 N–H and O–H groups in total. The molecule has 2 bridgehead atoms. The van der Waals surface area contributed by atoms with Crippen molar-refractivity contribution in [2.45, 2.75) is 48.5 Å². The van der Waals surface area contributed by atoms with E-state index in [-0.39, 0.29) is 18.2 Å². The van der Waals surface area contributed by atoms with E-state index in [9.17, 15) is 15.0 Å². The molecule has 6 nitrogen and oxygen atoms in total. The molecule has 2 heterocycles. The molecule has 1 aromatic rings. The lowest BCUT2D eigenvalue weighted by Crippen LogP contribution is -2.80. The molecule has 1 saturated heterocycles. The van der Waals surface area contributed by atoms with Gasteiger partial charge in [-0.3, -0.25) is 4.79 Å². The summed E-state index contributed by atoms with van der Waals surface area (Å²) in [5, 5.41) is 22.5. The van der Waals surface area contributed by atoms with Crippen molar-refractivity contribution < 1.29 is 24.5 Å². The zero-order valence-corrected chi connectivity index (χ0v) is 13.8. The zero-order valence-electron chi connectivity index (χ0n) is 13.8. The third-order valence-electron chi connectivity index (χ3n) is 6.78. The number of carbonyl (C=O) groups excluding carboxylic acids is 1. The van der Waals surface area contributed by atoms with E-state index in [1.54, 1.807) is 7.11 Å². The molecule has 24 heavy (non-hydrogen) atoms. The highest BCUT2D eigenvalue weighted by atomic mass is 16.5. The summed E-state index contributed by atoms with van der Waals surface area (Å²) in [6.45, 7) is 0.753. The van der Waals surface area contributed by atoms with Crippen molar-refractivity contribution in [3.8, 4) is 11.5 Å². The van der Waals surface area contributed by atoms with Crippen molar-refractivity contribution in [1.29, 1.82) is 0 Å². The number of aliphatic hydroxyl groups excluding tert-OH is 1. The fraction of sp³-hybridized carbons (Fsp3) is 0.611. The maximum absolute atomic E-state index is 12.7. The van der Waals surface area contributed by atoms with E-state index in [0.717, 1.165) is 17.7 Å². The van der Waals surface area contributed by atoms with E-state index in [0.29, 0.717) is 24.3 Å². The lowest BCUT2D eigenvalue weighted by Gasteiger charge is -2.63. The fourth-order valence-corrected chi connectivity index (χ4v) is 5.73. The average molecular weight is 331 g/mol. The number of ketones is 1. The Bertz CT molecular complexity index is 764. The summed E-state index contributed by atoms with van der Waals surface area (Å²) in [5.74, 6) is 1.02. The van der Waals surface area contributed by atoms with Crippen LogP contribution in [0, 0.1) is 0 Å². The monoisotopic (exact) mass is 331 g/mol. The van der Waals surface area contributed by atoms with Gasteiger partial charge in [-0.05, 0) is 38.1 Å². The molecule has 1 saturated carbocycles. The van der Waals surface area contributed by atoms with Crippen LogP contribution in [0.4, 0.5) is 0 Å². The number of Topliss-reactive ketones (excluding diaryl/α,β-unsaturated/α-hetero) is 1. The summed E-state index contributed by atoms with van der Waals surface area (Å²) in [6.07, 6.45) is -0.686. The average Bonchev–Trinajstić information content (AvgIpc) is 2.91. The van der Waals surface area contributed by atoms with E-state index in [2.05, 4.69) is 4.90 Å². The van der Waals surface area contributed by atoms with Gasteiger partial charge >= 0.3 is 0 Å². The number of nitrogens with zero attached hydrogens (tertiary/aromatic N) is 1. The van der Waals surface area contributed by atoms with Gasteiger partial charge < -0.3 is 24.6 Å². The van der Waals surface area contributed by atoms with Crippen molar-refractivity contribution in [3.63, 3.8) is 0 Å². The minimum Gasteiger partial charge on any atom is -0.493 e. The molecular formula is C18H21NO5. The summed E-state index contributed by atoms with van der Waals surface area (Å²) in [6, 6.07) is 3.64. The van der Waals surface area contributed by atoms with Crippen molar-refractivity contribution in [1.82, 2.24) is 4.90 Å². The first kappa shape index (κ1) is 14.7. The molecular weight excluding hydrogens is 310 g/mol. The van der Waals surface area contributed by atoms with Crippen molar-refractivity contribution >= 4 is 5.78 Å². The van der Waals surface area contributed by atoms with Gasteiger partial charge in [0.15, 0.2) is 23.4 Å². The molecule has 4 aliphatic rings. The van der Waals surface area contributed by atoms with Gasteiger partial charge in [0.25, 0.3) is 0 Å². The standard InChI is InChI=1S/C18H21NO5/c1-19-6-5-17-14-9-3-4-11(23-2)15(14)24-16(17)10(20)8-13(21)18(17,22)12(19)7-9/h3-4,12-13,16,21-22H,5-8H2,1-2H3/t12?,13?,16-,17?,18-/m0/s1. The van der Waals surface area contributed by atoms with Crippen LogP contribution in [0.2, 0.25) is 0 Å². The van der Waals surface area contributed by atoms with E-state index in [4.69, 9.17) is 9.47 Å². The highest BCUT2D eigenvalue weighted by molar-refractivity contribution is 5.90. The molecule has 1 spiro atoms. The molecule has 2 aliphatic heterocycles. The Labute approximate surface area is 140 Å². The van der Waals surface area contributed by atoms with Crippen LogP contribution in [0.15, 0.2) is 12.1 Å². The second kappa shape index (κ2) is 4.31. The Morgan fingerprint density at radius 2 is 2.17 bits per heavy atom. The molecule has 0 radical (unpaired) electrons. The summed E-state index contributed by atoms with van der Waals surface area (Å²) in [4.78, 5) is 14.8. The summed E-state index contributed by atoms with van der Waals surface area (Å²) < 4.78 is 11.5. The van der Waals surface area contributed by atoms with Crippen LogP contribution in [0.5, 0.6) is 11.5 Å². The summed E-state index contributed by atoms with van der Waals surface area (Å²) in [7, 11) is 3.54. The highest BCUT2D eigenvalue weighted by Gasteiger charge is 2.75. The third-order valence-corrected chi connectivity index (χ3v) is 6.78. The van der Waals surface area contributed by atoms with Crippen LogP contribution in [-0.2, 0) is 16.6 Å². The lowest BCUT2D eigenvalue weighted by atomic mass is 9.48. The van der Waals surface area contributed by atoms with Gasteiger partial charge in [0.05, 0.1) is 18.6 Å². The number of aliphatic hydroxyl groups is 2. The molecule has 2 aliphatic carbocycles. The Hall–Kier alpha value is -1.63. The highest BCUT2D eigenvalue weighted by Crippen LogP contribution is 2.64. The second-order valence-corrected chi connectivity index (χ2v) is 7.56. The van der Waals surface area contributed by atoms with Gasteiger partial charge in [0.2, 0.25) is 0 Å². The molecule has 128 valence electrons. The zero-order chi connectivity index (χ0) is 16.9. The Kier molecular flexibility index (Phi) is 2.64. The van der Waals surface area contributed by atoms with Gasteiger partial charge in [0.1, 0.15) is 5.60 Å². The minimum atomic E-state index is -1.39. The summed E-state index contributed by atoms with van der Waals surface area (Å²) >= 11 is 0. The smallest absolute Gasteiger partial charge is 0.177 e. The molecule has 6 heteroatoms. The number of likely N-dealkylation sites (N-methyl/N-ethyl adjacent to an activating group) is 1. The van der Waals surface area contributed by atoms with E-state index >= 15 is 0 Å². The molecule has 1 aromatic carbocycles. The first-order valence-electron chi connectivity index (χ1n) is 8.45. The Morgan fingerprint density at radius 1 is 1.38 bits per heavy atom. The van der Waals surface area contributed by atoms with Gasteiger partial charge in [-0.2, -0.15) is 0 Å². The first-order chi connectivity index (χ1) is 11.4. The predicted molar refractivity (Wildman–Crippen MR) is 84.4 cm³/mol. The lowest BCUT2D eigenvalue weighted by molar-refractivity contribution is -0.226. The topological polar surface area (TPSA) is 79.2 Å². The molecule has 2 fully saturated rings. The number of likely N-dealkylation sites (tertiary alicyclic amines) is 1. The predicted octanol–water partition coefficient (Wildman–Crippen LogP) is 0.0190. The van der Waals surface area contributed by atoms with Gasteiger partial charge in [0, 0.05) is 18.0 Å². The van der Waals surface area contributed by atoms with Gasteiger partial charge in [-0.15, -0.1) is 0 Å². The van der Waals surface area contributed by atoms with Crippen molar-refractivity contribution in [2.24, 2.45) is 0 Å². The number of ether oxygens (including phenoxy) is 2. The second-order valence-electron chi connectivity index (χ2n) is 7.56. The molecule has 3 unspecified atom stereocenters. The number of hydrogen-bond donors (Lipinski definition) is 2. The number of carbonyl (C=O) groups is 1.